The molecule has 0 aromatic carbocycles. The largest absolute Gasteiger partial charge is 0.363 e. The zero-order chi connectivity index (χ0) is 13.1. The second-order valence-corrected chi connectivity index (χ2v) is 3.98. The summed E-state index contributed by atoms with van der Waals surface area (Å²) in [6.07, 6.45) is 2.98. The van der Waals surface area contributed by atoms with Crippen molar-refractivity contribution in [3.05, 3.63) is 45.7 Å². The van der Waals surface area contributed by atoms with Gasteiger partial charge >= 0.3 is 0 Å². The lowest BCUT2D eigenvalue weighted by Gasteiger charge is -2.06. The summed E-state index contributed by atoms with van der Waals surface area (Å²) in [5, 5.41) is 13.7. The van der Waals surface area contributed by atoms with E-state index < -0.39 is 4.92 Å². The standard InChI is InChI=1S/C11H13N5O2/c1-7-3-9(16(17)18)5-13-11(7)14-6-10-12-4-8(2)15-10/h3-5H,6H2,1-2H3,(H,12,15)(H,13,14). The molecule has 2 heterocycles. The summed E-state index contributed by atoms with van der Waals surface area (Å²) in [5.41, 5.74) is 1.71. The molecule has 7 heteroatoms. The van der Waals surface area contributed by atoms with Crippen LogP contribution in [0.4, 0.5) is 11.5 Å². The van der Waals surface area contributed by atoms with E-state index in [0.29, 0.717) is 12.4 Å². The van der Waals surface area contributed by atoms with Gasteiger partial charge in [-0.05, 0) is 19.4 Å². The third-order valence-corrected chi connectivity index (χ3v) is 2.45. The second-order valence-electron chi connectivity index (χ2n) is 3.98. The first-order chi connectivity index (χ1) is 8.56. The van der Waals surface area contributed by atoms with Gasteiger partial charge in [0.15, 0.2) is 0 Å². The van der Waals surface area contributed by atoms with Gasteiger partial charge in [0, 0.05) is 18.0 Å². The zero-order valence-corrected chi connectivity index (χ0v) is 10.1. The minimum atomic E-state index is -0.459. The van der Waals surface area contributed by atoms with Crippen LogP contribution in [0.2, 0.25) is 0 Å². The summed E-state index contributed by atoms with van der Waals surface area (Å²) in [5.74, 6) is 1.42. The number of aromatic nitrogens is 3. The van der Waals surface area contributed by atoms with E-state index >= 15 is 0 Å². The zero-order valence-electron chi connectivity index (χ0n) is 10.1. The van der Waals surface area contributed by atoms with Crippen LogP contribution in [0.15, 0.2) is 18.5 Å². The molecule has 0 amide bonds. The average Bonchev–Trinajstić information content (AvgIpc) is 2.73. The number of anilines is 1. The fourth-order valence-electron chi connectivity index (χ4n) is 1.57. The Balaban J connectivity index is 2.08. The van der Waals surface area contributed by atoms with Gasteiger partial charge in [-0.3, -0.25) is 10.1 Å². The van der Waals surface area contributed by atoms with Crippen molar-refractivity contribution in [2.24, 2.45) is 0 Å². The molecule has 0 aliphatic rings. The number of pyridine rings is 1. The molecule has 2 aromatic rings. The molecule has 2 aromatic heterocycles. The SMILES string of the molecule is Cc1cnc(CNc2ncc([N+](=O)[O-])cc2C)[nH]1. The number of imidazole rings is 1. The van der Waals surface area contributed by atoms with Crippen LogP contribution in [-0.2, 0) is 6.54 Å². The van der Waals surface area contributed by atoms with Crippen molar-refractivity contribution in [2.75, 3.05) is 5.32 Å². The third-order valence-electron chi connectivity index (χ3n) is 2.45. The van der Waals surface area contributed by atoms with E-state index in [1.807, 2.05) is 6.92 Å². The van der Waals surface area contributed by atoms with Crippen molar-refractivity contribution in [1.29, 1.82) is 0 Å². The lowest BCUT2D eigenvalue weighted by molar-refractivity contribution is -0.385. The predicted octanol–water partition coefficient (Wildman–Crippen LogP) is 1.94. The number of nitrogens with one attached hydrogen (secondary N) is 2. The highest BCUT2D eigenvalue weighted by Gasteiger charge is 2.09. The van der Waals surface area contributed by atoms with Crippen molar-refractivity contribution >= 4 is 11.5 Å². The molecule has 94 valence electrons. The Morgan fingerprint density at radius 2 is 2.17 bits per heavy atom. The molecule has 0 radical (unpaired) electrons. The van der Waals surface area contributed by atoms with E-state index in [2.05, 4.69) is 20.3 Å². The number of hydrogen-bond donors (Lipinski definition) is 2. The van der Waals surface area contributed by atoms with Gasteiger partial charge in [-0.2, -0.15) is 0 Å². The van der Waals surface area contributed by atoms with Gasteiger partial charge in [0.2, 0.25) is 0 Å². The van der Waals surface area contributed by atoms with Crippen LogP contribution in [0.3, 0.4) is 0 Å². The number of rotatable bonds is 4. The number of nitro groups is 1. The van der Waals surface area contributed by atoms with Gasteiger partial charge in [0.25, 0.3) is 5.69 Å². The van der Waals surface area contributed by atoms with Crippen molar-refractivity contribution in [1.82, 2.24) is 15.0 Å². The fraction of sp³-hybridized carbons (Fsp3) is 0.273. The van der Waals surface area contributed by atoms with E-state index in [1.54, 1.807) is 13.1 Å². The van der Waals surface area contributed by atoms with Crippen LogP contribution in [0.25, 0.3) is 0 Å². The van der Waals surface area contributed by atoms with Gasteiger partial charge in [-0.25, -0.2) is 9.97 Å². The van der Waals surface area contributed by atoms with Gasteiger partial charge in [-0.15, -0.1) is 0 Å². The summed E-state index contributed by atoms with van der Waals surface area (Å²) >= 11 is 0. The maximum atomic E-state index is 10.6. The van der Waals surface area contributed by atoms with Gasteiger partial charge in [0.05, 0.1) is 11.5 Å². The number of aromatic amines is 1. The van der Waals surface area contributed by atoms with Crippen LogP contribution in [0.1, 0.15) is 17.1 Å². The Bertz CT molecular complexity index is 579. The highest BCUT2D eigenvalue weighted by atomic mass is 16.6. The minimum absolute atomic E-state index is 0.00751. The molecule has 0 fully saturated rings. The lowest BCUT2D eigenvalue weighted by Crippen LogP contribution is -2.05. The van der Waals surface area contributed by atoms with Gasteiger partial charge in [-0.1, -0.05) is 0 Å². The highest BCUT2D eigenvalue weighted by Crippen LogP contribution is 2.18. The molecule has 18 heavy (non-hydrogen) atoms. The summed E-state index contributed by atoms with van der Waals surface area (Å²) < 4.78 is 0. The maximum absolute atomic E-state index is 10.6. The summed E-state index contributed by atoms with van der Waals surface area (Å²) in [6.45, 7) is 4.20. The normalized spacial score (nSPS) is 10.3. The minimum Gasteiger partial charge on any atom is -0.363 e. The highest BCUT2D eigenvalue weighted by molar-refractivity contribution is 5.48. The molecule has 0 spiro atoms. The Kier molecular flexibility index (Phi) is 3.22. The molecule has 0 aliphatic heterocycles. The Morgan fingerprint density at radius 3 is 2.72 bits per heavy atom. The van der Waals surface area contributed by atoms with E-state index in [9.17, 15) is 10.1 Å². The van der Waals surface area contributed by atoms with E-state index in [1.165, 1.54) is 12.3 Å². The lowest BCUT2D eigenvalue weighted by atomic mass is 10.2. The van der Waals surface area contributed by atoms with Crippen molar-refractivity contribution in [2.45, 2.75) is 20.4 Å². The second kappa shape index (κ2) is 4.82. The van der Waals surface area contributed by atoms with Crippen LogP contribution in [0.5, 0.6) is 0 Å². The van der Waals surface area contributed by atoms with Gasteiger partial charge in [0.1, 0.15) is 17.8 Å². The monoisotopic (exact) mass is 247 g/mol. The van der Waals surface area contributed by atoms with E-state index in [4.69, 9.17) is 0 Å². The van der Waals surface area contributed by atoms with Crippen molar-refractivity contribution in [3.63, 3.8) is 0 Å². The topological polar surface area (TPSA) is 96.7 Å². The molecule has 7 nitrogen and oxygen atoms in total. The average molecular weight is 247 g/mol. The molecule has 2 rings (SSSR count). The molecule has 0 unspecified atom stereocenters. The Hall–Kier alpha value is -2.44. The number of nitrogens with zero attached hydrogens (tertiary/aromatic N) is 3. The molecule has 0 atom stereocenters. The van der Waals surface area contributed by atoms with Crippen molar-refractivity contribution in [3.8, 4) is 0 Å². The Labute approximate surface area is 103 Å². The summed E-state index contributed by atoms with van der Waals surface area (Å²) in [7, 11) is 0. The molecule has 0 saturated carbocycles. The quantitative estimate of drug-likeness (QED) is 0.635. The molecular weight excluding hydrogens is 234 g/mol. The third kappa shape index (κ3) is 2.62. The summed E-state index contributed by atoms with van der Waals surface area (Å²) in [6, 6.07) is 1.49. The van der Waals surface area contributed by atoms with Gasteiger partial charge < -0.3 is 10.3 Å². The number of aryl methyl sites for hydroxylation is 2. The maximum Gasteiger partial charge on any atom is 0.287 e. The first-order valence-electron chi connectivity index (χ1n) is 5.41. The Morgan fingerprint density at radius 1 is 1.39 bits per heavy atom. The smallest absolute Gasteiger partial charge is 0.287 e. The molecule has 0 bridgehead atoms. The number of hydrogen-bond acceptors (Lipinski definition) is 5. The van der Waals surface area contributed by atoms with Crippen LogP contribution in [-0.4, -0.2) is 19.9 Å². The van der Waals surface area contributed by atoms with Crippen LogP contribution in [0, 0.1) is 24.0 Å². The molecular formula is C11H13N5O2. The van der Waals surface area contributed by atoms with E-state index in [0.717, 1.165) is 17.1 Å². The van der Waals surface area contributed by atoms with Crippen LogP contribution < -0.4 is 5.32 Å². The predicted molar refractivity (Wildman–Crippen MR) is 66.3 cm³/mol. The first kappa shape index (κ1) is 12.0. The molecule has 0 aliphatic carbocycles. The number of H-pyrrole nitrogens is 1. The van der Waals surface area contributed by atoms with E-state index in [-0.39, 0.29) is 5.69 Å². The van der Waals surface area contributed by atoms with Crippen molar-refractivity contribution < 1.29 is 4.92 Å². The first-order valence-corrected chi connectivity index (χ1v) is 5.41. The van der Waals surface area contributed by atoms with Crippen LogP contribution >= 0.6 is 0 Å². The summed E-state index contributed by atoms with van der Waals surface area (Å²) in [4.78, 5) is 21.4. The molecule has 0 saturated heterocycles. The molecule has 2 N–H and O–H groups in total. The fourth-order valence-corrected chi connectivity index (χ4v) is 1.57.